The molecule has 2 atom stereocenters. The Morgan fingerprint density at radius 1 is 1.16 bits per heavy atom. The molecular weight excluding hydrogens is 527 g/mol. The van der Waals surface area contributed by atoms with Gasteiger partial charge in [0, 0.05) is 40.0 Å². The van der Waals surface area contributed by atoms with Gasteiger partial charge in [-0.3, -0.25) is 4.79 Å². The van der Waals surface area contributed by atoms with Gasteiger partial charge in [-0.05, 0) is 49.1 Å². The standard InChI is InChI=1S/C26H29ClF3N3O5/c1-25(2)37-22(24(35)38-25)19(6-3-5-17-9-11-18(12-10-17)36-26(28,29)30)23(34)33-15-13-32(14-16-33)21-8-4-7-20(27)31-21/h4,7-12,19,22H,3,5-6,13-16H2,1-2H3/t19-,22+/m1/s1. The number of nitrogens with zero attached hydrogens (tertiary/aromatic N) is 3. The van der Waals surface area contributed by atoms with E-state index in [0.717, 1.165) is 11.4 Å². The lowest BCUT2D eigenvalue weighted by Crippen LogP contribution is -2.52. The number of alkyl halides is 3. The van der Waals surface area contributed by atoms with Crippen LogP contribution in [0.25, 0.3) is 0 Å². The van der Waals surface area contributed by atoms with E-state index in [0.29, 0.717) is 50.6 Å². The lowest BCUT2D eigenvalue weighted by atomic mass is 9.92. The van der Waals surface area contributed by atoms with Crippen LogP contribution in [0.2, 0.25) is 5.15 Å². The summed E-state index contributed by atoms with van der Waals surface area (Å²) in [5.41, 5.74) is 0.781. The highest BCUT2D eigenvalue weighted by molar-refractivity contribution is 6.29. The van der Waals surface area contributed by atoms with Crippen molar-refractivity contribution in [3.8, 4) is 5.75 Å². The first-order chi connectivity index (χ1) is 17.9. The number of pyridine rings is 1. The third kappa shape index (κ3) is 7.28. The molecular formula is C26H29ClF3N3O5. The number of hydrogen-bond donors (Lipinski definition) is 0. The van der Waals surface area contributed by atoms with Crippen molar-refractivity contribution in [2.45, 2.75) is 51.4 Å². The number of carbonyl (C=O) groups is 2. The molecule has 3 heterocycles. The van der Waals surface area contributed by atoms with Crippen molar-refractivity contribution < 1.29 is 37.0 Å². The van der Waals surface area contributed by atoms with Crippen LogP contribution >= 0.6 is 11.6 Å². The minimum atomic E-state index is -4.76. The summed E-state index contributed by atoms with van der Waals surface area (Å²) in [7, 11) is 0. The highest BCUT2D eigenvalue weighted by Crippen LogP contribution is 2.32. The number of aromatic nitrogens is 1. The van der Waals surface area contributed by atoms with Gasteiger partial charge < -0.3 is 24.0 Å². The van der Waals surface area contributed by atoms with E-state index in [1.165, 1.54) is 12.1 Å². The maximum atomic E-state index is 13.6. The topological polar surface area (TPSA) is 81.2 Å². The fraction of sp³-hybridized carbons (Fsp3) is 0.500. The van der Waals surface area contributed by atoms with Crippen LogP contribution < -0.4 is 9.64 Å². The molecule has 1 aromatic carbocycles. The third-order valence-electron chi connectivity index (χ3n) is 6.43. The van der Waals surface area contributed by atoms with Gasteiger partial charge in [-0.1, -0.05) is 29.8 Å². The number of rotatable bonds is 8. The van der Waals surface area contributed by atoms with Gasteiger partial charge in [0.05, 0.1) is 5.92 Å². The molecule has 12 heteroatoms. The van der Waals surface area contributed by atoms with Crippen molar-refractivity contribution in [3.63, 3.8) is 0 Å². The summed E-state index contributed by atoms with van der Waals surface area (Å²) >= 11 is 6.01. The number of piperazine rings is 1. The summed E-state index contributed by atoms with van der Waals surface area (Å²) in [6.07, 6.45) is -4.45. The Bertz CT molecular complexity index is 1140. The molecule has 0 saturated carbocycles. The van der Waals surface area contributed by atoms with Crippen LogP contribution in [0.4, 0.5) is 19.0 Å². The predicted octanol–water partition coefficient (Wildman–Crippen LogP) is 4.60. The van der Waals surface area contributed by atoms with Crippen LogP contribution in [-0.4, -0.2) is 66.2 Å². The highest BCUT2D eigenvalue weighted by atomic mass is 35.5. The normalized spacial score (nSPS) is 20.3. The SMILES string of the molecule is CC1(C)OC(=O)[C@H]([C@@H](CCCc2ccc(OC(F)(F)F)cc2)C(=O)N2CCN(c3cccc(Cl)n3)CC2)O1. The number of anilines is 1. The Hall–Kier alpha value is -3.05. The van der Waals surface area contributed by atoms with E-state index in [4.69, 9.17) is 21.1 Å². The minimum absolute atomic E-state index is 0.197. The third-order valence-corrected chi connectivity index (χ3v) is 6.64. The van der Waals surface area contributed by atoms with Gasteiger partial charge in [-0.15, -0.1) is 13.2 Å². The summed E-state index contributed by atoms with van der Waals surface area (Å²) in [6.45, 7) is 5.23. The van der Waals surface area contributed by atoms with Gasteiger partial charge in [0.25, 0.3) is 0 Å². The molecule has 2 fully saturated rings. The first-order valence-corrected chi connectivity index (χ1v) is 12.7. The maximum Gasteiger partial charge on any atom is 0.573 e. The number of cyclic esters (lactones) is 1. The van der Waals surface area contributed by atoms with E-state index < -0.39 is 30.1 Å². The minimum Gasteiger partial charge on any atom is -0.432 e. The number of hydrogen-bond acceptors (Lipinski definition) is 7. The smallest absolute Gasteiger partial charge is 0.432 e. The average molecular weight is 556 g/mol. The molecule has 0 aliphatic carbocycles. The molecule has 8 nitrogen and oxygen atoms in total. The monoisotopic (exact) mass is 555 g/mol. The lowest BCUT2D eigenvalue weighted by Gasteiger charge is -2.37. The van der Waals surface area contributed by atoms with Crippen LogP contribution in [-0.2, 0) is 25.5 Å². The molecule has 206 valence electrons. The number of ether oxygens (including phenoxy) is 3. The zero-order valence-electron chi connectivity index (χ0n) is 21.0. The van der Waals surface area contributed by atoms with Gasteiger partial charge in [-0.2, -0.15) is 0 Å². The summed E-state index contributed by atoms with van der Waals surface area (Å²) in [5.74, 6) is -2.23. The van der Waals surface area contributed by atoms with E-state index in [2.05, 4.69) is 9.72 Å². The molecule has 0 unspecified atom stereocenters. The molecule has 2 aliphatic rings. The Morgan fingerprint density at radius 3 is 2.42 bits per heavy atom. The Morgan fingerprint density at radius 2 is 1.84 bits per heavy atom. The van der Waals surface area contributed by atoms with Crippen molar-refractivity contribution >= 4 is 29.3 Å². The molecule has 0 spiro atoms. The molecule has 2 saturated heterocycles. The Kier molecular flexibility index (Phi) is 8.37. The van der Waals surface area contributed by atoms with Crippen LogP contribution in [0, 0.1) is 5.92 Å². The van der Waals surface area contributed by atoms with Crippen molar-refractivity contribution in [1.82, 2.24) is 9.88 Å². The van der Waals surface area contributed by atoms with Crippen LogP contribution in [0.5, 0.6) is 5.75 Å². The predicted molar refractivity (Wildman–Crippen MR) is 133 cm³/mol. The summed E-state index contributed by atoms with van der Waals surface area (Å²) in [4.78, 5) is 34.3. The molecule has 1 aromatic heterocycles. The Balaban J connectivity index is 1.39. The second-order valence-electron chi connectivity index (χ2n) is 9.68. The zero-order valence-corrected chi connectivity index (χ0v) is 21.8. The van der Waals surface area contributed by atoms with Gasteiger partial charge in [-0.25, -0.2) is 9.78 Å². The van der Waals surface area contributed by atoms with Crippen LogP contribution in [0.1, 0.15) is 32.3 Å². The number of esters is 1. The molecule has 1 amide bonds. The molecule has 0 N–H and O–H groups in total. The second-order valence-corrected chi connectivity index (χ2v) is 10.1. The molecule has 0 bridgehead atoms. The summed E-state index contributed by atoms with van der Waals surface area (Å²) in [5, 5.41) is 0.392. The van der Waals surface area contributed by atoms with Crippen LogP contribution in [0.3, 0.4) is 0 Å². The van der Waals surface area contributed by atoms with Gasteiger partial charge in [0.2, 0.25) is 11.7 Å². The van der Waals surface area contributed by atoms with E-state index in [9.17, 15) is 22.8 Å². The number of amides is 1. The van der Waals surface area contributed by atoms with Crippen molar-refractivity contribution in [2.24, 2.45) is 5.92 Å². The van der Waals surface area contributed by atoms with Crippen molar-refractivity contribution in [2.75, 3.05) is 31.1 Å². The molecule has 4 rings (SSSR count). The van der Waals surface area contributed by atoms with E-state index in [1.807, 2.05) is 17.0 Å². The largest absolute Gasteiger partial charge is 0.573 e. The van der Waals surface area contributed by atoms with Crippen molar-refractivity contribution in [1.29, 1.82) is 0 Å². The first-order valence-electron chi connectivity index (χ1n) is 12.3. The van der Waals surface area contributed by atoms with Crippen LogP contribution in [0.15, 0.2) is 42.5 Å². The summed E-state index contributed by atoms with van der Waals surface area (Å²) < 4.78 is 52.3. The highest BCUT2D eigenvalue weighted by Gasteiger charge is 2.48. The fourth-order valence-corrected chi connectivity index (χ4v) is 4.84. The molecule has 2 aliphatic heterocycles. The second kappa shape index (κ2) is 11.4. The van der Waals surface area contributed by atoms with E-state index in [1.54, 1.807) is 36.9 Å². The number of aryl methyl sites for hydroxylation is 1. The van der Waals surface area contributed by atoms with Crippen molar-refractivity contribution in [3.05, 3.63) is 53.2 Å². The molecule has 2 aromatic rings. The number of benzene rings is 1. The number of halogens is 4. The lowest BCUT2D eigenvalue weighted by molar-refractivity contribution is -0.274. The summed E-state index contributed by atoms with van der Waals surface area (Å²) in [6, 6.07) is 11.0. The zero-order chi connectivity index (χ0) is 27.5. The van der Waals surface area contributed by atoms with Gasteiger partial charge in [0.15, 0.2) is 6.10 Å². The van der Waals surface area contributed by atoms with E-state index in [-0.39, 0.29) is 11.7 Å². The molecule has 38 heavy (non-hydrogen) atoms. The number of carbonyl (C=O) groups excluding carboxylic acids is 2. The quantitative estimate of drug-likeness (QED) is 0.348. The Labute approximate surface area is 223 Å². The fourth-order valence-electron chi connectivity index (χ4n) is 4.68. The average Bonchev–Trinajstić information content (AvgIpc) is 3.13. The van der Waals surface area contributed by atoms with Gasteiger partial charge >= 0.3 is 12.3 Å². The van der Waals surface area contributed by atoms with E-state index >= 15 is 0 Å². The molecule has 0 radical (unpaired) electrons. The maximum absolute atomic E-state index is 13.6. The first kappa shape index (κ1) is 28.0. The van der Waals surface area contributed by atoms with Gasteiger partial charge in [0.1, 0.15) is 16.7 Å².